The van der Waals surface area contributed by atoms with Crippen LogP contribution < -0.4 is 14.4 Å². The normalized spacial score (nSPS) is 10.4. The van der Waals surface area contributed by atoms with Crippen molar-refractivity contribution < 1.29 is 9.47 Å². The lowest BCUT2D eigenvalue weighted by molar-refractivity contribution is 0.284. The molecule has 5 nitrogen and oxygen atoms in total. The Morgan fingerprint density at radius 2 is 1.76 bits per heavy atom. The molecule has 0 amide bonds. The molecule has 0 aliphatic heterocycles. The molecule has 0 radical (unpaired) electrons. The van der Waals surface area contributed by atoms with Crippen molar-refractivity contribution >= 4 is 5.95 Å². The lowest BCUT2D eigenvalue weighted by atomic mass is 10.1. The predicted octanol–water partition coefficient (Wildman–Crippen LogP) is 3.80. The van der Waals surface area contributed by atoms with Gasteiger partial charge in [-0.15, -0.1) is 0 Å². The van der Waals surface area contributed by atoms with Crippen LogP contribution in [0.25, 0.3) is 11.3 Å². The quantitative estimate of drug-likeness (QED) is 0.686. The van der Waals surface area contributed by atoms with E-state index in [1.165, 1.54) is 0 Å². The van der Waals surface area contributed by atoms with Gasteiger partial charge in [-0.1, -0.05) is 30.3 Å². The van der Waals surface area contributed by atoms with Crippen molar-refractivity contribution in [3.05, 3.63) is 66.4 Å². The Hall–Kier alpha value is -3.08. The van der Waals surface area contributed by atoms with Crippen LogP contribution in [-0.2, 0) is 6.61 Å². The van der Waals surface area contributed by atoms with Crippen LogP contribution in [0.1, 0.15) is 5.56 Å². The monoisotopic (exact) mass is 335 g/mol. The number of benzene rings is 2. The second-order valence-corrected chi connectivity index (χ2v) is 5.78. The van der Waals surface area contributed by atoms with Crippen LogP contribution in [0.2, 0.25) is 0 Å². The molecular formula is C20H21N3O2. The van der Waals surface area contributed by atoms with Gasteiger partial charge in [-0.25, -0.2) is 9.97 Å². The Kier molecular flexibility index (Phi) is 5.14. The summed E-state index contributed by atoms with van der Waals surface area (Å²) >= 11 is 0. The zero-order chi connectivity index (χ0) is 17.6. The van der Waals surface area contributed by atoms with E-state index >= 15 is 0 Å². The van der Waals surface area contributed by atoms with Crippen molar-refractivity contribution in [2.45, 2.75) is 6.61 Å². The van der Waals surface area contributed by atoms with Gasteiger partial charge in [0.2, 0.25) is 5.95 Å². The van der Waals surface area contributed by atoms with Crippen LogP contribution in [0.15, 0.2) is 60.8 Å². The first-order valence-electron chi connectivity index (χ1n) is 8.03. The minimum absolute atomic E-state index is 0.480. The van der Waals surface area contributed by atoms with E-state index in [9.17, 15) is 0 Å². The molecule has 0 fully saturated rings. The molecule has 1 heterocycles. The maximum Gasteiger partial charge on any atom is 0.225 e. The molecule has 3 rings (SSSR count). The van der Waals surface area contributed by atoms with E-state index in [-0.39, 0.29) is 0 Å². The Morgan fingerprint density at radius 3 is 2.48 bits per heavy atom. The van der Waals surface area contributed by atoms with Crippen LogP contribution >= 0.6 is 0 Å². The summed E-state index contributed by atoms with van der Waals surface area (Å²) in [6.07, 6.45) is 1.76. The molecule has 0 saturated heterocycles. The van der Waals surface area contributed by atoms with E-state index in [1.807, 2.05) is 73.6 Å². The topological polar surface area (TPSA) is 47.5 Å². The number of aromatic nitrogens is 2. The van der Waals surface area contributed by atoms with Crippen molar-refractivity contribution in [3.8, 4) is 22.8 Å². The fourth-order valence-electron chi connectivity index (χ4n) is 2.41. The van der Waals surface area contributed by atoms with Gasteiger partial charge in [0.15, 0.2) is 11.5 Å². The van der Waals surface area contributed by atoms with Gasteiger partial charge in [-0.05, 0) is 29.8 Å². The standard InChI is InChI=1S/C20H21N3O2/c1-23(2)20-21-12-11-17(22-20)16-9-10-18(24-3)19(13-16)25-14-15-7-5-4-6-8-15/h4-13H,14H2,1-3H3. The molecule has 0 bridgehead atoms. The highest BCUT2D eigenvalue weighted by atomic mass is 16.5. The van der Waals surface area contributed by atoms with Gasteiger partial charge in [0, 0.05) is 25.9 Å². The summed E-state index contributed by atoms with van der Waals surface area (Å²) in [4.78, 5) is 10.7. The molecule has 0 aliphatic rings. The Labute approximate surface area is 147 Å². The fourth-order valence-corrected chi connectivity index (χ4v) is 2.41. The maximum atomic E-state index is 5.98. The van der Waals surface area contributed by atoms with Crippen LogP contribution in [0.3, 0.4) is 0 Å². The molecular weight excluding hydrogens is 314 g/mol. The average Bonchev–Trinajstić information content (AvgIpc) is 2.67. The first kappa shape index (κ1) is 16.8. The van der Waals surface area contributed by atoms with Gasteiger partial charge < -0.3 is 14.4 Å². The molecule has 0 saturated carbocycles. The van der Waals surface area contributed by atoms with Crippen molar-refractivity contribution in [2.24, 2.45) is 0 Å². The number of anilines is 1. The Morgan fingerprint density at radius 1 is 0.960 bits per heavy atom. The minimum atomic E-state index is 0.480. The lowest BCUT2D eigenvalue weighted by Crippen LogP contribution is -2.12. The van der Waals surface area contributed by atoms with Crippen molar-refractivity contribution in [1.82, 2.24) is 9.97 Å². The number of ether oxygens (including phenoxy) is 2. The largest absolute Gasteiger partial charge is 0.493 e. The molecule has 0 spiro atoms. The maximum absolute atomic E-state index is 5.98. The van der Waals surface area contributed by atoms with Crippen LogP contribution in [0.5, 0.6) is 11.5 Å². The highest BCUT2D eigenvalue weighted by Gasteiger charge is 2.10. The zero-order valence-electron chi connectivity index (χ0n) is 14.6. The third-order valence-electron chi connectivity index (χ3n) is 3.74. The van der Waals surface area contributed by atoms with E-state index in [0.717, 1.165) is 16.8 Å². The van der Waals surface area contributed by atoms with Gasteiger partial charge >= 0.3 is 0 Å². The van der Waals surface area contributed by atoms with E-state index in [0.29, 0.717) is 24.1 Å². The SMILES string of the molecule is COc1ccc(-c2ccnc(N(C)C)n2)cc1OCc1ccccc1. The Bertz CT molecular complexity index is 835. The molecule has 0 N–H and O–H groups in total. The van der Waals surface area contributed by atoms with Gasteiger partial charge in [-0.3, -0.25) is 0 Å². The third-order valence-corrected chi connectivity index (χ3v) is 3.74. The summed E-state index contributed by atoms with van der Waals surface area (Å²) in [5, 5.41) is 0. The molecule has 5 heteroatoms. The van der Waals surface area contributed by atoms with Crippen molar-refractivity contribution in [1.29, 1.82) is 0 Å². The lowest BCUT2D eigenvalue weighted by Gasteiger charge is -2.14. The van der Waals surface area contributed by atoms with Crippen LogP contribution in [-0.4, -0.2) is 31.2 Å². The molecule has 2 aromatic carbocycles. The molecule has 25 heavy (non-hydrogen) atoms. The van der Waals surface area contributed by atoms with E-state index < -0.39 is 0 Å². The summed E-state index contributed by atoms with van der Waals surface area (Å²) in [7, 11) is 5.47. The molecule has 3 aromatic rings. The van der Waals surface area contributed by atoms with E-state index in [4.69, 9.17) is 9.47 Å². The fraction of sp³-hybridized carbons (Fsp3) is 0.200. The summed E-state index contributed by atoms with van der Waals surface area (Å²) < 4.78 is 11.4. The summed E-state index contributed by atoms with van der Waals surface area (Å²) in [5.74, 6) is 2.05. The number of methoxy groups -OCH3 is 1. The highest BCUT2D eigenvalue weighted by molar-refractivity contribution is 5.64. The van der Waals surface area contributed by atoms with Gasteiger partial charge in [0.1, 0.15) is 6.61 Å². The molecule has 0 unspecified atom stereocenters. The number of hydrogen-bond donors (Lipinski definition) is 0. The zero-order valence-corrected chi connectivity index (χ0v) is 14.6. The van der Waals surface area contributed by atoms with Crippen LogP contribution in [0.4, 0.5) is 5.95 Å². The summed E-state index contributed by atoms with van der Waals surface area (Å²) in [6.45, 7) is 0.480. The second kappa shape index (κ2) is 7.66. The van der Waals surface area contributed by atoms with Gasteiger partial charge in [-0.2, -0.15) is 0 Å². The van der Waals surface area contributed by atoms with Crippen molar-refractivity contribution in [2.75, 3.05) is 26.1 Å². The van der Waals surface area contributed by atoms with Crippen LogP contribution in [0, 0.1) is 0 Å². The average molecular weight is 335 g/mol. The molecule has 0 aliphatic carbocycles. The summed E-state index contributed by atoms with van der Waals surface area (Å²) in [6, 6.07) is 17.7. The number of hydrogen-bond acceptors (Lipinski definition) is 5. The molecule has 128 valence electrons. The molecule has 1 aromatic heterocycles. The smallest absolute Gasteiger partial charge is 0.225 e. The first-order chi connectivity index (χ1) is 12.2. The predicted molar refractivity (Wildman–Crippen MR) is 99.1 cm³/mol. The first-order valence-corrected chi connectivity index (χ1v) is 8.03. The summed E-state index contributed by atoms with van der Waals surface area (Å²) in [5.41, 5.74) is 2.90. The van der Waals surface area contributed by atoms with E-state index in [2.05, 4.69) is 9.97 Å². The van der Waals surface area contributed by atoms with Gasteiger partial charge in [0.25, 0.3) is 0 Å². The minimum Gasteiger partial charge on any atom is -0.493 e. The number of rotatable bonds is 6. The second-order valence-electron chi connectivity index (χ2n) is 5.78. The number of nitrogens with zero attached hydrogens (tertiary/aromatic N) is 3. The van der Waals surface area contributed by atoms with Gasteiger partial charge in [0.05, 0.1) is 12.8 Å². The molecule has 0 atom stereocenters. The van der Waals surface area contributed by atoms with Crippen molar-refractivity contribution in [3.63, 3.8) is 0 Å². The van der Waals surface area contributed by atoms with E-state index in [1.54, 1.807) is 13.3 Å². The third kappa shape index (κ3) is 4.07. The Balaban J connectivity index is 1.88. The highest BCUT2D eigenvalue weighted by Crippen LogP contribution is 2.32.